The Labute approximate surface area is 147 Å². The highest BCUT2D eigenvalue weighted by molar-refractivity contribution is 7.12. The number of carbonyl (C=O) groups is 1. The van der Waals surface area contributed by atoms with Gasteiger partial charge >= 0.3 is 5.76 Å². The summed E-state index contributed by atoms with van der Waals surface area (Å²) >= 11 is 7.50. The smallest absolute Gasteiger partial charge is 0.408 e. The van der Waals surface area contributed by atoms with Crippen LogP contribution in [0.3, 0.4) is 0 Å². The molecule has 0 unspecified atom stereocenters. The van der Waals surface area contributed by atoms with Crippen LogP contribution < -0.4 is 5.76 Å². The minimum Gasteiger partial charge on any atom is -0.408 e. The molecule has 1 aliphatic rings. The number of benzene rings is 1. The lowest BCUT2D eigenvalue weighted by Crippen LogP contribution is -2.42. The number of piperidine rings is 1. The van der Waals surface area contributed by atoms with Crippen molar-refractivity contribution in [2.24, 2.45) is 0 Å². The molecular weight excluding hydrogens is 348 g/mol. The molecule has 0 bridgehead atoms. The molecule has 0 saturated carbocycles. The number of thiophene rings is 1. The van der Waals surface area contributed by atoms with Crippen LogP contribution in [-0.2, 0) is 0 Å². The molecule has 1 atom stereocenters. The van der Waals surface area contributed by atoms with Crippen LogP contribution in [0.25, 0.3) is 11.1 Å². The summed E-state index contributed by atoms with van der Waals surface area (Å²) in [5.41, 5.74) is 1.20. The summed E-state index contributed by atoms with van der Waals surface area (Å²) in [5, 5.41) is 2.45. The second-order valence-electron chi connectivity index (χ2n) is 5.87. The van der Waals surface area contributed by atoms with E-state index in [1.54, 1.807) is 22.8 Å². The van der Waals surface area contributed by atoms with Crippen molar-refractivity contribution in [1.29, 1.82) is 0 Å². The zero-order valence-electron chi connectivity index (χ0n) is 12.8. The number of oxazole rings is 1. The largest absolute Gasteiger partial charge is 0.420 e. The molecule has 2 aromatic heterocycles. The first-order chi connectivity index (χ1) is 11.6. The zero-order chi connectivity index (χ0) is 16.7. The van der Waals surface area contributed by atoms with Crippen molar-refractivity contribution in [3.05, 3.63) is 56.2 Å². The van der Waals surface area contributed by atoms with E-state index in [4.69, 9.17) is 16.0 Å². The second-order valence-corrected chi connectivity index (χ2v) is 7.26. The summed E-state index contributed by atoms with van der Waals surface area (Å²) < 4.78 is 6.96. The van der Waals surface area contributed by atoms with Crippen LogP contribution in [0.15, 0.2) is 44.9 Å². The third-order valence-electron chi connectivity index (χ3n) is 4.36. The van der Waals surface area contributed by atoms with E-state index in [0.717, 1.165) is 17.7 Å². The maximum atomic E-state index is 12.6. The Morgan fingerprint density at radius 2 is 2.21 bits per heavy atom. The monoisotopic (exact) mass is 362 g/mol. The van der Waals surface area contributed by atoms with Crippen LogP contribution in [0.2, 0.25) is 5.02 Å². The van der Waals surface area contributed by atoms with E-state index in [1.165, 1.54) is 11.3 Å². The normalized spacial score (nSPS) is 18.2. The van der Waals surface area contributed by atoms with Gasteiger partial charge in [-0.3, -0.25) is 9.36 Å². The summed E-state index contributed by atoms with van der Waals surface area (Å²) in [7, 11) is 0. The Kier molecular flexibility index (Phi) is 3.94. The van der Waals surface area contributed by atoms with Gasteiger partial charge in [-0.2, -0.15) is 0 Å². The van der Waals surface area contributed by atoms with Crippen molar-refractivity contribution in [3.8, 4) is 0 Å². The molecule has 3 heterocycles. The Balaban J connectivity index is 1.67. The lowest BCUT2D eigenvalue weighted by atomic mass is 10.0. The Morgan fingerprint density at radius 3 is 3.00 bits per heavy atom. The zero-order valence-corrected chi connectivity index (χ0v) is 14.3. The van der Waals surface area contributed by atoms with Gasteiger partial charge in [-0.25, -0.2) is 4.79 Å². The predicted octanol–water partition coefficient (Wildman–Crippen LogP) is 3.79. The molecule has 4 rings (SSSR count). The van der Waals surface area contributed by atoms with Crippen molar-refractivity contribution >= 4 is 39.9 Å². The highest BCUT2D eigenvalue weighted by Gasteiger charge is 2.28. The van der Waals surface area contributed by atoms with Gasteiger partial charge in [-0.1, -0.05) is 17.7 Å². The molecule has 1 amide bonds. The molecule has 1 aromatic carbocycles. The van der Waals surface area contributed by atoms with E-state index in [2.05, 4.69) is 0 Å². The molecule has 24 heavy (non-hydrogen) atoms. The summed E-state index contributed by atoms with van der Waals surface area (Å²) in [6.45, 7) is 1.20. The maximum absolute atomic E-state index is 12.6. The minimum atomic E-state index is -0.400. The minimum absolute atomic E-state index is 0.0218. The first kappa shape index (κ1) is 15.5. The van der Waals surface area contributed by atoms with Gasteiger partial charge < -0.3 is 9.32 Å². The van der Waals surface area contributed by atoms with Gasteiger partial charge in [0.05, 0.1) is 16.4 Å². The van der Waals surface area contributed by atoms with Gasteiger partial charge in [-0.05, 0) is 42.5 Å². The van der Waals surface area contributed by atoms with Crippen LogP contribution in [0.5, 0.6) is 0 Å². The number of carbonyl (C=O) groups excluding carboxylic acids is 1. The van der Waals surface area contributed by atoms with E-state index in [-0.39, 0.29) is 11.9 Å². The fourth-order valence-electron chi connectivity index (χ4n) is 3.26. The summed E-state index contributed by atoms with van der Waals surface area (Å²) in [5.74, 6) is -0.378. The number of halogens is 1. The number of aromatic nitrogens is 1. The topological polar surface area (TPSA) is 55.5 Å². The molecule has 0 aliphatic carbocycles. The number of likely N-dealkylation sites (tertiary alicyclic amines) is 1. The summed E-state index contributed by atoms with van der Waals surface area (Å²) in [6.07, 6.45) is 1.68. The quantitative estimate of drug-likeness (QED) is 0.697. The molecule has 3 aromatic rings. The fourth-order valence-corrected chi connectivity index (χ4v) is 4.12. The van der Waals surface area contributed by atoms with E-state index in [0.29, 0.717) is 29.2 Å². The van der Waals surface area contributed by atoms with Gasteiger partial charge in [0.25, 0.3) is 5.91 Å². The van der Waals surface area contributed by atoms with Crippen LogP contribution in [0.1, 0.15) is 28.6 Å². The second kappa shape index (κ2) is 6.11. The molecule has 0 N–H and O–H groups in total. The Bertz CT molecular complexity index is 945. The maximum Gasteiger partial charge on any atom is 0.420 e. The van der Waals surface area contributed by atoms with E-state index in [1.807, 2.05) is 22.4 Å². The van der Waals surface area contributed by atoms with Crippen molar-refractivity contribution in [1.82, 2.24) is 9.47 Å². The Hall–Kier alpha value is -2.05. The van der Waals surface area contributed by atoms with E-state index < -0.39 is 5.76 Å². The van der Waals surface area contributed by atoms with E-state index in [9.17, 15) is 9.59 Å². The van der Waals surface area contributed by atoms with Gasteiger partial charge in [0.2, 0.25) is 0 Å². The first-order valence-electron chi connectivity index (χ1n) is 7.77. The number of rotatable bonds is 2. The fraction of sp³-hybridized carbons (Fsp3) is 0.294. The molecule has 1 fully saturated rings. The van der Waals surface area contributed by atoms with Crippen molar-refractivity contribution in [3.63, 3.8) is 0 Å². The van der Waals surface area contributed by atoms with E-state index >= 15 is 0 Å². The number of amides is 1. The molecular formula is C17H15ClN2O3S. The lowest BCUT2D eigenvalue weighted by molar-refractivity contribution is 0.0682. The van der Waals surface area contributed by atoms with Gasteiger partial charge in [0.1, 0.15) is 0 Å². The SMILES string of the molecule is O=C(c1cccs1)N1CCC[C@H](n2c(=O)oc3ccc(Cl)cc32)C1. The summed E-state index contributed by atoms with van der Waals surface area (Å²) in [4.78, 5) is 27.4. The highest BCUT2D eigenvalue weighted by atomic mass is 35.5. The van der Waals surface area contributed by atoms with Gasteiger partial charge in [0, 0.05) is 18.1 Å². The van der Waals surface area contributed by atoms with Crippen LogP contribution in [0.4, 0.5) is 0 Å². The van der Waals surface area contributed by atoms with Gasteiger partial charge in [-0.15, -0.1) is 11.3 Å². The average Bonchev–Trinajstić information content (AvgIpc) is 3.21. The van der Waals surface area contributed by atoms with Gasteiger partial charge in [0.15, 0.2) is 5.58 Å². The highest BCUT2D eigenvalue weighted by Crippen LogP contribution is 2.27. The molecule has 1 saturated heterocycles. The average molecular weight is 363 g/mol. The molecule has 124 valence electrons. The number of hydrogen-bond acceptors (Lipinski definition) is 4. The number of fused-ring (bicyclic) bond motifs is 1. The standard InChI is InChI=1S/C17H15ClN2O3S/c18-11-5-6-14-13(9-11)20(17(22)23-14)12-3-1-7-19(10-12)16(21)15-4-2-8-24-15/h2,4-6,8-9,12H,1,3,7,10H2/t12-/m0/s1. The van der Waals surface area contributed by atoms with Crippen LogP contribution in [0, 0.1) is 0 Å². The molecule has 7 heteroatoms. The van der Waals surface area contributed by atoms with Crippen molar-refractivity contribution < 1.29 is 9.21 Å². The van der Waals surface area contributed by atoms with Crippen LogP contribution >= 0.6 is 22.9 Å². The van der Waals surface area contributed by atoms with Crippen LogP contribution in [-0.4, -0.2) is 28.5 Å². The third kappa shape index (κ3) is 2.65. The van der Waals surface area contributed by atoms with Crippen molar-refractivity contribution in [2.45, 2.75) is 18.9 Å². The lowest BCUT2D eigenvalue weighted by Gasteiger charge is -2.32. The predicted molar refractivity (Wildman–Crippen MR) is 94.0 cm³/mol. The molecule has 0 radical (unpaired) electrons. The number of hydrogen-bond donors (Lipinski definition) is 0. The number of nitrogens with zero attached hydrogens (tertiary/aromatic N) is 2. The first-order valence-corrected chi connectivity index (χ1v) is 9.02. The third-order valence-corrected chi connectivity index (χ3v) is 5.45. The molecule has 0 spiro atoms. The van der Waals surface area contributed by atoms with Crippen molar-refractivity contribution in [2.75, 3.05) is 13.1 Å². The molecule has 5 nitrogen and oxygen atoms in total. The molecule has 1 aliphatic heterocycles. The Morgan fingerprint density at radius 1 is 1.33 bits per heavy atom. The summed E-state index contributed by atoms with van der Waals surface area (Å²) in [6, 6.07) is 8.74.